The molecule has 0 radical (unpaired) electrons. The van der Waals surface area contributed by atoms with Gasteiger partial charge in [0.2, 0.25) is 5.91 Å². The first-order valence-corrected chi connectivity index (χ1v) is 6.50. The fraction of sp³-hybridized carbons (Fsp3) is 0.462. The van der Waals surface area contributed by atoms with E-state index in [2.05, 4.69) is 21.2 Å². The van der Waals surface area contributed by atoms with Gasteiger partial charge >= 0.3 is 0 Å². The van der Waals surface area contributed by atoms with Crippen LogP contribution in [-0.4, -0.2) is 5.91 Å². The van der Waals surface area contributed by atoms with Gasteiger partial charge in [0.25, 0.3) is 0 Å². The number of hydrogen-bond donors (Lipinski definition) is 1. The highest BCUT2D eigenvalue weighted by Gasteiger charge is 2.20. The van der Waals surface area contributed by atoms with Crippen molar-refractivity contribution in [2.75, 3.05) is 5.32 Å². The lowest BCUT2D eigenvalue weighted by atomic mass is 9.83. The van der Waals surface area contributed by atoms with Crippen molar-refractivity contribution in [3.63, 3.8) is 0 Å². The SMILES string of the molecule is Cc1ccc(NC(=O)CC2CCC2)cc1Br. The summed E-state index contributed by atoms with van der Waals surface area (Å²) in [5, 5.41) is 2.94. The van der Waals surface area contributed by atoms with Crippen LogP contribution in [0.1, 0.15) is 31.2 Å². The standard InChI is InChI=1S/C13H16BrNO/c1-9-5-6-11(8-12(9)14)15-13(16)7-10-3-2-4-10/h5-6,8,10H,2-4,7H2,1H3,(H,15,16). The smallest absolute Gasteiger partial charge is 0.224 e. The number of amides is 1. The zero-order valence-electron chi connectivity index (χ0n) is 9.42. The van der Waals surface area contributed by atoms with Gasteiger partial charge in [0.05, 0.1) is 0 Å². The zero-order chi connectivity index (χ0) is 11.5. The van der Waals surface area contributed by atoms with Crippen LogP contribution in [0, 0.1) is 12.8 Å². The molecule has 0 bridgehead atoms. The lowest BCUT2D eigenvalue weighted by molar-refractivity contribution is -0.117. The quantitative estimate of drug-likeness (QED) is 0.895. The van der Waals surface area contributed by atoms with Gasteiger partial charge in [-0.3, -0.25) is 4.79 Å². The van der Waals surface area contributed by atoms with Crippen molar-refractivity contribution in [3.8, 4) is 0 Å². The summed E-state index contributed by atoms with van der Waals surface area (Å²) in [6.07, 6.45) is 4.38. The van der Waals surface area contributed by atoms with Crippen molar-refractivity contribution in [3.05, 3.63) is 28.2 Å². The summed E-state index contributed by atoms with van der Waals surface area (Å²) in [6.45, 7) is 2.03. The van der Waals surface area contributed by atoms with Crippen LogP contribution in [0.25, 0.3) is 0 Å². The third-order valence-electron chi connectivity index (χ3n) is 3.15. The minimum atomic E-state index is 0.139. The molecule has 0 aromatic heterocycles. The summed E-state index contributed by atoms with van der Waals surface area (Å²) in [5.41, 5.74) is 2.05. The van der Waals surface area contributed by atoms with Crippen LogP contribution in [-0.2, 0) is 4.79 Å². The first kappa shape index (κ1) is 11.6. The Labute approximate surface area is 105 Å². The van der Waals surface area contributed by atoms with Crippen molar-refractivity contribution in [1.82, 2.24) is 0 Å². The van der Waals surface area contributed by atoms with E-state index in [4.69, 9.17) is 0 Å². The van der Waals surface area contributed by atoms with E-state index < -0.39 is 0 Å². The fourth-order valence-corrected chi connectivity index (χ4v) is 2.22. The molecule has 1 amide bonds. The molecule has 0 atom stereocenters. The molecule has 2 rings (SSSR count). The van der Waals surface area contributed by atoms with Crippen LogP contribution < -0.4 is 5.32 Å². The van der Waals surface area contributed by atoms with Gasteiger partial charge in [-0.1, -0.05) is 28.4 Å². The number of rotatable bonds is 3. The monoisotopic (exact) mass is 281 g/mol. The summed E-state index contributed by atoms with van der Waals surface area (Å²) >= 11 is 3.46. The molecule has 16 heavy (non-hydrogen) atoms. The predicted molar refractivity (Wildman–Crippen MR) is 69.5 cm³/mol. The molecular formula is C13H16BrNO. The highest BCUT2D eigenvalue weighted by Crippen LogP contribution is 2.29. The van der Waals surface area contributed by atoms with Gasteiger partial charge < -0.3 is 5.32 Å². The number of aryl methyl sites for hydroxylation is 1. The largest absolute Gasteiger partial charge is 0.326 e. The number of carbonyl (C=O) groups is 1. The molecule has 0 spiro atoms. The summed E-state index contributed by atoms with van der Waals surface area (Å²) in [5.74, 6) is 0.759. The Hall–Kier alpha value is -0.830. The Morgan fingerprint density at radius 1 is 1.50 bits per heavy atom. The van der Waals surface area contributed by atoms with E-state index in [-0.39, 0.29) is 5.91 Å². The van der Waals surface area contributed by atoms with Gasteiger partial charge in [0, 0.05) is 16.6 Å². The summed E-state index contributed by atoms with van der Waals surface area (Å²) in [6, 6.07) is 5.90. The first-order valence-electron chi connectivity index (χ1n) is 5.71. The van der Waals surface area contributed by atoms with Crippen molar-refractivity contribution >= 4 is 27.5 Å². The number of carbonyl (C=O) groups excluding carboxylic acids is 1. The van der Waals surface area contributed by atoms with Crippen LogP contribution in [0.3, 0.4) is 0 Å². The number of nitrogens with one attached hydrogen (secondary N) is 1. The summed E-state index contributed by atoms with van der Waals surface area (Å²) < 4.78 is 1.04. The van der Waals surface area contributed by atoms with Crippen molar-refractivity contribution in [2.45, 2.75) is 32.6 Å². The molecule has 1 aromatic rings. The number of anilines is 1. The Bertz CT molecular complexity index is 399. The third-order valence-corrected chi connectivity index (χ3v) is 4.01. The van der Waals surface area contributed by atoms with Crippen molar-refractivity contribution in [2.24, 2.45) is 5.92 Å². The minimum absolute atomic E-state index is 0.139. The predicted octanol–water partition coefficient (Wildman–Crippen LogP) is 3.89. The van der Waals surface area contributed by atoms with E-state index in [0.29, 0.717) is 12.3 Å². The molecule has 1 aliphatic rings. The molecule has 3 heteroatoms. The number of hydrogen-bond acceptors (Lipinski definition) is 1. The minimum Gasteiger partial charge on any atom is -0.326 e. The van der Waals surface area contributed by atoms with Gasteiger partial charge in [0.15, 0.2) is 0 Å². The molecule has 0 unspecified atom stereocenters. The molecule has 1 fully saturated rings. The lowest BCUT2D eigenvalue weighted by Crippen LogP contribution is -2.20. The van der Waals surface area contributed by atoms with E-state index in [1.54, 1.807) is 0 Å². The van der Waals surface area contributed by atoms with Gasteiger partial charge in [-0.15, -0.1) is 0 Å². The molecule has 2 nitrogen and oxygen atoms in total. The maximum absolute atomic E-state index is 11.7. The maximum Gasteiger partial charge on any atom is 0.224 e. The number of benzene rings is 1. The van der Waals surface area contributed by atoms with Crippen LogP contribution in [0.15, 0.2) is 22.7 Å². The van der Waals surface area contributed by atoms with Crippen molar-refractivity contribution in [1.29, 1.82) is 0 Å². The van der Waals surface area contributed by atoms with Crippen LogP contribution in [0.4, 0.5) is 5.69 Å². The molecule has 0 saturated heterocycles. The summed E-state index contributed by atoms with van der Waals surface area (Å²) in [4.78, 5) is 11.7. The molecule has 1 aromatic carbocycles. The Balaban J connectivity index is 1.92. The topological polar surface area (TPSA) is 29.1 Å². The molecule has 86 valence electrons. The normalized spacial score (nSPS) is 15.6. The van der Waals surface area contributed by atoms with Gasteiger partial charge in [-0.25, -0.2) is 0 Å². The molecular weight excluding hydrogens is 266 g/mol. The average Bonchev–Trinajstić information content (AvgIpc) is 2.18. The van der Waals surface area contributed by atoms with Gasteiger partial charge in [-0.05, 0) is 43.4 Å². The van der Waals surface area contributed by atoms with Crippen molar-refractivity contribution < 1.29 is 4.79 Å². The Morgan fingerprint density at radius 3 is 2.81 bits per heavy atom. The van der Waals surface area contributed by atoms with E-state index in [0.717, 1.165) is 10.2 Å². The second-order valence-corrected chi connectivity index (χ2v) is 5.37. The van der Waals surface area contributed by atoms with E-state index in [1.807, 2.05) is 25.1 Å². The van der Waals surface area contributed by atoms with Gasteiger partial charge in [-0.2, -0.15) is 0 Å². The summed E-state index contributed by atoms with van der Waals surface area (Å²) in [7, 11) is 0. The lowest BCUT2D eigenvalue weighted by Gasteiger charge is -2.24. The second-order valence-electron chi connectivity index (χ2n) is 4.51. The average molecular weight is 282 g/mol. The fourth-order valence-electron chi connectivity index (χ4n) is 1.84. The highest BCUT2D eigenvalue weighted by atomic mass is 79.9. The molecule has 1 saturated carbocycles. The molecule has 0 heterocycles. The van der Waals surface area contributed by atoms with Crippen LogP contribution >= 0.6 is 15.9 Å². The Kier molecular flexibility index (Phi) is 3.64. The van der Waals surface area contributed by atoms with Gasteiger partial charge in [0.1, 0.15) is 0 Å². The number of halogens is 1. The van der Waals surface area contributed by atoms with Crippen LogP contribution in [0.2, 0.25) is 0 Å². The molecule has 1 aliphatic carbocycles. The maximum atomic E-state index is 11.7. The van der Waals surface area contributed by atoms with Crippen LogP contribution in [0.5, 0.6) is 0 Å². The first-order chi connectivity index (χ1) is 7.65. The van der Waals surface area contributed by atoms with E-state index in [1.165, 1.54) is 24.8 Å². The van der Waals surface area contributed by atoms with E-state index >= 15 is 0 Å². The second kappa shape index (κ2) is 5.00. The molecule has 1 N–H and O–H groups in total. The third kappa shape index (κ3) is 2.85. The highest BCUT2D eigenvalue weighted by molar-refractivity contribution is 9.10. The Morgan fingerprint density at radius 2 is 2.25 bits per heavy atom. The zero-order valence-corrected chi connectivity index (χ0v) is 11.0. The van der Waals surface area contributed by atoms with E-state index in [9.17, 15) is 4.79 Å². The molecule has 0 aliphatic heterocycles.